The number of hydrogen-bond donors (Lipinski definition) is 2. The molecule has 2 N–H and O–H groups in total. The van der Waals surface area contributed by atoms with E-state index in [9.17, 15) is 5.11 Å². The van der Waals surface area contributed by atoms with Crippen molar-refractivity contribution in [3.8, 4) is 0 Å². The Morgan fingerprint density at radius 2 is 2.54 bits per heavy atom. The minimum absolute atomic E-state index is 0.228. The highest BCUT2D eigenvalue weighted by atomic mass is 32.1. The lowest BCUT2D eigenvalue weighted by Gasteiger charge is -2.29. The number of nitrogens with one attached hydrogen (secondary N) is 1. The summed E-state index contributed by atoms with van der Waals surface area (Å²) >= 11 is 1.63. The normalized spacial score (nSPS) is 27.4. The van der Waals surface area contributed by atoms with E-state index in [0.29, 0.717) is 0 Å². The zero-order valence-electron chi connectivity index (χ0n) is 7.79. The molecule has 1 aliphatic heterocycles. The molecule has 72 valence electrons. The number of rotatable bonds is 2. The number of aliphatic hydroxyl groups is 1. The highest BCUT2D eigenvalue weighted by Crippen LogP contribution is 2.32. The van der Waals surface area contributed by atoms with E-state index in [4.69, 9.17) is 0 Å². The molecule has 2 nitrogen and oxygen atoms in total. The summed E-state index contributed by atoms with van der Waals surface area (Å²) in [5, 5.41) is 15.7. The lowest BCUT2D eigenvalue weighted by molar-refractivity contribution is 0.0254. The van der Waals surface area contributed by atoms with Crippen LogP contribution in [0.2, 0.25) is 0 Å². The summed E-state index contributed by atoms with van der Waals surface area (Å²) in [6.07, 6.45) is 2.25. The van der Waals surface area contributed by atoms with Crippen LogP contribution in [0, 0.1) is 0 Å². The molecule has 2 unspecified atom stereocenters. The van der Waals surface area contributed by atoms with E-state index in [1.807, 2.05) is 24.4 Å². The van der Waals surface area contributed by atoms with E-state index < -0.39 is 5.60 Å². The first kappa shape index (κ1) is 9.19. The molecule has 1 aromatic heterocycles. The van der Waals surface area contributed by atoms with E-state index in [-0.39, 0.29) is 6.04 Å². The van der Waals surface area contributed by atoms with Gasteiger partial charge in [-0.15, -0.1) is 11.3 Å². The molecule has 2 rings (SSSR count). The molecular weight excluding hydrogens is 182 g/mol. The second-order valence-corrected chi connectivity index (χ2v) is 4.72. The van der Waals surface area contributed by atoms with Crippen molar-refractivity contribution in [3.05, 3.63) is 22.4 Å². The Bertz CT molecular complexity index is 262. The molecule has 0 saturated carbocycles. The Balaban J connectivity index is 2.19. The Hall–Kier alpha value is -0.380. The molecule has 1 saturated heterocycles. The first-order valence-corrected chi connectivity index (χ1v) is 5.59. The summed E-state index contributed by atoms with van der Waals surface area (Å²) in [6.45, 7) is 2.94. The molecule has 0 aromatic carbocycles. The van der Waals surface area contributed by atoms with Crippen molar-refractivity contribution in [2.45, 2.75) is 31.4 Å². The summed E-state index contributed by atoms with van der Waals surface area (Å²) in [5.41, 5.74) is -0.690. The smallest absolute Gasteiger partial charge is 0.111 e. The van der Waals surface area contributed by atoms with Crippen LogP contribution in [0.25, 0.3) is 0 Å². The van der Waals surface area contributed by atoms with Gasteiger partial charge in [0.2, 0.25) is 0 Å². The molecule has 3 heteroatoms. The molecule has 2 atom stereocenters. The summed E-state index contributed by atoms with van der Waals surface area (Å²) in [4.78, 5) is 1.06. The summed E-state index contributed by atoms with van der Waals surface area (Å²) in [5.74, 6) is 0. The van der Waals surface area contributed by atoms with Crippen LogP contribution in [0.4, 0.5) is 0 Å². The second kappa shape index (κ2) is 3.40. The zero-order chi connectivity index (χ0) is 9.31. The SMILES string of the molecule is CC(O)(c1cccs1)C1CCCN1. The fourth-order valence-electron chi connectivity index (χ4n) is 1.90. The maximum Gasteiger partial charge on any atom is 0.111 e. The third-order valence-electron chi connectivity index (χ3n) is 2.76. The standard InChI is InChI=1S/C10H15NOS/c1-10(12,8-4-2-6-11-8)9-5-3-7-13-9/h3,5,7-8,11-12H,2,4,6H2,1H3. The molecule has 13 heavy (non-hydrogen) atoms. The summed E-state index contributed by atoms with van der Waals surface area (Å²) < 4.78 is 0. The predicted molar refractivity (Wildman–Crippen MR) is 54.9 cm³/mol. The van der Waals surface area contributed by atoms with Gasteiger partial charge < -0.3 is 10.4 Å². The maximum atomic E-state index is 10.3. The van der Waals surface area contributed by atoms with Gasteiger partial charge in [0.25, 0.3) is 0 Å². The van der Waals surface area contributed by atoms with E-state index >= 15 is 0 Å². The van der Waals surface area contributed by atoms with Gasteiger partial charge in [0.05, 0.1) is 0 Å². The van der Waals surface area contributed by atoms with Gasteiger partial charge in [-0.3, -0.25) is 0 Å². The second-order valence-electron chi connectivity index (χ2n) is 3.77. The third kappa shape index (κ3) is 1.64. The Labute approximate surface area is 82.6 Å². The third-order valence-corrected chi connectivity index (χ3v) is 3.86. The molecule has 0 spiro atoms. The molecule has 1 aliphatic rings. The molecule has 2 heterocycles. The van der Waals surface area contributed by atoms with Crippen molar-refractivity contribution in [1.29, 1.82) is 0 Å². The molecule has 0 bridgehead atoms. The largest absolute Gasteiger partial charge is 0.383 e. The van der Waals surface area contributed by atoms with Crippen LogP contribution in [0.1, 0.15) is 24.6 Å². The van der Waals surface area contributed by atoms with Gasteiger partial charge >= 0.3 is 0 Å². The van der Waals surface area contributed by atoms with Crippen LogP contribution >= 0.6 is 11.3 Å². The average Bonchev–Trinajstić information content (AvgIpc) is 2.78. The van der Waals surface area contributed by atoms with Crippen LogP contribution in [0.5, 0.6) is 0 Å². The minimum atomic E-state index is -0.690. The van der Waals surface area contributed by atoms with Crippen LogP contribution in [0.15, 0.2) is 17.5 Å². The quantitative estimate of drug-likeness (QED) is 0.756. The molecule has 0 radical (unpaired) electrons. The van der Waals surface area contributed by atoms with Crippen molar-refractivity contribution < 1.29 is 5.11 Å². The molecule has 0 amide bonds. The van der Waals surface area contributed by atoms with Crippen LogP contribution < -0.4 is 5.32 Å². The van der Waals surface area contributed by atoms with E-state index in [2.05, 4.69) is 5.32 Å². The predicted octanol–water partition coefficient (Wildman–Crippen LogP) is 1.71. The summed E-state index contributed by atoms with van der Waals surface area (Å²) in [6, 6.07) is 4.22. The van der Waals surface area contributed by atoms with E-state index in [0.717, 1.165) is 17.8 Å². The molecule has 1 aromatic rings. The summed E-state index contributed by atoms with van der Waals surface area (Å²) in [7, 11) is 0. The topological polar surface area (TPSA) is 32.3 Å². The van der Waals surface area contributed by atoms with Crippen molar-refractivity contribution in [3.63, 3.8) is 0 Å². The maximum absolute atomic E-state index is 10.3. The zero-order valence-corrected chi connectivity index (χ0v) is 8.60. The van der Waals surface area contributed by atoms with Crippen LogP contribution in [-0.4, -0.2) is 17.7 Å². The van der Waals surface area contributed by atoms with Gasteiger partial charge in [0.15, 0.2) is 0 Å². The lowest BCUT2D eigenvalue weighted by atomic mass is 9.93. The molecular formula is C10H15NOS. The van der Waals surface area contributed by atoms with Crippen molar-refractivity contribution in [1.82, 2.24) is 5.32 Å². The Kier molecular flexibility index (Phi) is 2.41. The van der Waals surface area contributed by atoms with Crippen LogP contribution in [0.3, 0.4) is 0 Å². The van der Waals surface area contributed by atoms with Crippen molar-refractivity contribution >= 4 is 11.3 Å². The van der Waals surface area contributed by atoms with Gasteiger partial charge in [-0.2, -0.15) is 0 Å². The monoisotopic (exact) mass is 197 g/mol. The first-order chi connectivity index (χ1) is 6.21. The van der Waals surface area contributed by atoms with E-state index in [1.165, 1.54) is 6.42 Å². The minimum Gasteiger partial charge on any atom is -0.383 e. The number of hydrogen-bond acceptors (Lipinski definition) is 3. The lowest BCUT2D eigenvalue weighted by Crippen LogP contribution is -2.42. The fraction of sp³-hybridized carbons (Fsp3) is 0.600. The van der Waals surface area contributed by atoms with E-state index in [1.54, 1.807) is 11.3 Å². The van der Waals surface area contributed by atoms with Crippen molar-refractivity contribution in [2.75, 3.05) is 6.54 Å². The average molecular weight is 197 g/mol. The van der Waals surface area contributed by atoms with Crippen LogP contribution in [-0.2, 0) is 5.60 Å². The van der Waals surface area contributed by atoms with Gasteiger partial charge in [-0.05, 0) is 37.8 Å². The van der Waals surface area contributed by atoms with Gasteiger partial charge in [-0.1, -0.05) is 6.07 Å². The first-order valence-electron chi connectivity index (χ1n) is 4.71. The Morgan fingerprint density at radius 3 is 3.08 bits per heavy atom. The van der Waals surface area contributed by atoms with Crippen molar-refractivity contribution in [2.24, 2.45) is 0 Å². The fourth-order valence-corrected chi connectivity index (χ4v) is 2.74. The highest BCUT2D eigenvalue weighted by Gasteiger charge is 2.35. The molecule has 0 aliphatic carbocycles. The highest BCUT2D eigenvalue weighted by molar-refractivity contribution is 7.10. The Morgan fingerprint density at radius 1 is 1.69 bits per heavy atom. The molecule has 1 fully saturated rings. The van der Waals surface area contributed by atoms with Gasteiger partial charge in [0.1, 0.15) is 5.60 Å². The number of thiophene rings is 1. The van der Waals surface area contributed by atoms with Gasteiger partial charge in [0, 0.05) is 10.9 Å². The van der Waals surface area contributed by atoms with Gasteiger partial charge in [-0.25, -0.2) is 0 Å².